The first-order valence-electron chi connectivity index (χ1n) is 9.24. The third-order valence-corrected chi connectivity index (χ3v) is 5.21. The van der Waals surface area contributed by atoms with Gasteiger partial charge in [-0.3, -0.25) is 14.4 Å². The number of fused-ring (bicyclic) bond motifs is 1. The molecule has 0 N–H and O–H groups in total. The Bertz CT molecular complexity index is 619. The van der Waals surface area contributed by atoms with Crippen molar-refractivity contribution in [3.63, 3.8) is 0 Å². The molecule has 0 saturated carbocycles. The highest BCUT2D eigenvalue weighted by Crippen LogP contribution is 2.31. The number of aromatic nitrogens is 2. The van der Waals surface area contributed by atoms with Crippen molar-refractivity contribution in [2.45, 2.75) is 32.5 Å². The maximum absolute atomic E-state index is 13.1. The molecule has 2 aliphatic heterocycles. The van der Waals surface area contributed by atoms with E-state index >= 15 is 0 Å². The highest BCUT2D eigenvalue weighted by atomic mass is 16.5. The predicted octanol–water partition coefficient (Wildman–Crippen LogP) is 0.762. The number of rotatable bonds is 4. The molecule has 1 fully saturated rings. The molecule has 0 bridgehead atoms. The van der Waals surface area contributed by atoms with E-state index in [-0.39, 0.29) is 18.1 Å². The smallest absolute Gasteiger partial charge is 0.272 e. The Morgan fingerprint density at radius 3 is 2.56 bits per heavy atom. The van der Waals surface area contributed by atoms with Crippen molar-refractivity contribution >= 4 is 5.91 Å². The molecule has 7 heteroatoms. The van der Waals surface area contributed by atoms with Crippen LogP contribution >= 0.6 is 0 Å². The quantitative estimate of drug-likeness (QED) is 0.803. The van der Waals surface area contributed by atoms with Gasteiger partial charge in [0, 0.05) is 58.3 Å². The van der Waals surface area contributed by atoms with Crippen LogP contribution in [0.1, 0.15) is 41.7 Å². The number of carbonyl (C=O) groups is 1. The number of nitrogens with zero attached hydrogens (tertiary/aromatic N) is 5. The Kier molecular flexibility index (Phi) is 5.46. The van der Waals surface area contributed by atoms with Gasteiger partial charge in [0.05, 0.1) is 17.9 Å². The summed E-state index contributed by atoms with van der Waals surface area (Å²) < 4.78 is 7.61. The van der Waals surface area contributed by atoms with Gasteiger partial charge < -0.3 is 14.5 Å². The monoisotopic (exact) mass is 349 g/mol. The van der Waals surface area contributed by atoms with Gasteiger partial charge in [-0.2, -0.15) is 5.10 Å². The third kappa shape index (κ3) is 3.88. The fourth-order valence-electron chi connectivity index (χ4n) is 3.80. The molecule has 2 aliphatic rings. The zero-order chi connectivity index (χ0) is 18.1. The number of likely N-dealkylation sites (N-methyl/N-ethyl adjacent to an activating group) is 1. The standard InChI is InChI=1S/C18H31N5O2/c1-13-12-15-16(14(2)25-13)19-21(5)17(15)18(24)23-10-8-22(9-11-23)7-6-20(3)4/h13-14H,6-12H2,1-5H3/t13-,14+/m1/s1. The highest BCUT2D eigenvalue weighted by Gasteiger charge is 2.33. The average Bonchev–Trinajstić information content (AvgIpc) is 2.89. The number of hydrogen-bond acceptors (Lipinski definition) is 5. The summed E-state index contributed by atoms with van der Waals surface area (Å²) in [7, 11) is 6.06. The molecule has 140 valence electrons. The second-order valence-electron chi connectivity index (χ2n) is 7.57. The fourth-order valence-corrected chi connectivity index (χ4v) is 3.80. The van der Waals surface area contributed by atoms with Gasteiger partial charge in [0.15, 0.2) is 0 Å². The van der Waals surface area contributed by atoms with Gasteiger partial charge in [-0.05, 0) is 27.9 Å². The predicted molar refractivity (Wildman–Crippen MR) is 96.8 cm³/mol. The molecule has 3 heterocycles. The first kappa shape index (κ1) is 18.4. The van der Waals surface area contributed by atoms with Gasteiger partial charge in [-0.15, -0.1) is 0 Å². The lowest BCUT2D eigenvalue weighted by atomic mass is 9.99. The van der Waals surface area contributed by atoms with Crippen molar-refractivity contribution in [2.75, 3.05) is 53.4 Å². The molecule has 0 radical (unpaired) electrons. The highest BCUT2D eigenvalue weighted by molar-refractivity contribution is 5.94. The normalized spacial score (nSPS) is 24.6. The van der Waals surface area contributed by atoms with Gasteiger partial charge in [0.2, 0.25) is 0 Å². The molecule has 0 unspecified atom stereocenters. The minimum Gasteiger partial charge on any atom is -0.369 e. The minimum absolute atomic E-state index is 0.0469. The molecule has 25 heavy (non-hydrogen) atoms. The van der Waals surface area contributed by atoms with Crippen molar-refractivity contribution in [1.82, 2.24) is 24.5 Å². The molecule has 1 saturated heterocycles. The van der Waals surface area contributed by atoms with Crippen LogP contribution in [-0.4, -0.2) is 89.9 Å². The molecule has 0 spiro atoms. The molecular weight excluding hydrogens is 318 g/mol. The number of hydrogen-bond donors (Lipinski definition) is 0. The lowest BCUT2D eigenvalue weighted by Crippen LogP contribution is -2.50. The minimum atomic E-state index is -0.0469. The van der Waals surface area contributed by atoms with E-state index in [9.17, 15) is 4.79 Å². The maximum Gasteiger partial charge on any atom is 0.272 e. The van der Waals surface area contributed by atoms with Crippen LogP contribution in [0.5, 0.6) is 0 Å². The number of carbonyl (C=O) groups excluding carboxylic acids is 1. The fraction of sp³-hybridized carbons (Fsp3) is 0.778. The molecule has 0 aromatic carbocycles. The van der Waals surface area contributed by atoms with Crippen LogP contribution in [0.25, 0.3) is 0 Å². The van der Waals surface area contributed by atoms with E-state index in [0.29, 0.717) is 0 Å². The molecule has 1 aromatic heterocycles. The number of aryl methyl sites for hydroxylation is 1. The van der Waals surface area contributed by atoms with E-state index in [4.69, 9.17) is 4.74 Å². The molecule has 1 amide bonds. The van der Waals surface area contributed by atoms with Crippen molar-refractivity contribution in [1.29, 1.82) is 0 Å². The van der Waals surface area contributed by atoms with Crippen molar-refractivity contribution in [3.8, 4) is 0 Å². The van der Waals surface area contributed by atoms with Crippen LogP contribution in [-0.2, 0) is 18.2 Å². The third-order valence-electron chi connectivity index (χ3n) is 5.21. The van der Waals surface area contributed by atoms with Gasteiger partial charge in [0.25, 0.3) is 5.91 Å². The van der Waals surface area contributed by atoms with Crippen molar-refractivity contribution in [3.05, 3.63) is 17.0 Å². The van der Waals surface area contributed by atoms with Crippen molar-refractivity contribution in [2.24, 2.45) is 7.05 Å². The Morgan fingerprint density at radius 2 is 1.92 bits per heavy atom. The largest absolute Gasteiger partial charge is 0.369 e. The van der Waals surface area contributed by atoms with Crippen LogP contribution in [0.15, 0.2) is 0 Å². The lowest BCUT2D eigenvalue weighted by Gasteiger charge is -2.35. The molecule has 7 nitrogen and oxygen atoms in total. The summed E-state index contributed by atoms with van der Waals surface area (Å²) >= 11 is 0. The number of amides is 1. The number of ether oxygens (including phenoxy) is 1. The summed E-state index contributed by atoms with van der Waals surface area (Å²) in [6.07, 6.45) is 0.840. The van der Waals surface area contributed by atoms with E-state index < -0.39 is 0 Å². The van der Waals surface area contributed by atoms with Crippen LogP contribution < -0.4 is 0 Å². The molecule has 0 aliphatic carbocycles. The SMILES string of the molecule is C[C@@H]1Cc2c(nn(C)c2C(=O)N2CCN(CCN(C)C)CC2)[C@H](C)O1. The summed E-state index contributed by atoms with van der Waals surface area (Å²) in [5.74, 6) is 0.116. The Morgan fingerprint density at radius 1 is 1.24 bits per heavy atom. The summed E-state index contributed by atoms with van der Waals surface area (Å²) in [4.78, 5) is 19.7. The van der Waals surface area contributed by atoms with Crippen LogP contribution in [0.3, 0.4) is 0 Å². The van der Waals surface area contributed by atoms with E-state index in [1.165, 1.54) is 0 Å². The van der Waals surface area contributed by atoms with Crippen LogP contribution in [0, 0.1) is 0 Å². The van der Waals surface area contributed by atoms with Gasteiger partial charge in [-0.1, -0.05) is 0 Å². The van der Waals surface area contributed by atoms with E-state index in [2.05, 4.69) is 35.9 Å². The average molecular weight is 349 g/mol. The Hall–Kier alpha value is -1.44. The van der Waals surface area contributed by atoms with Gasteiger partial charge in [0.1, 0.15) is 5.69 Å². The molecule has 3 rings (SSSR count). The van der Waals surface area contributed by atoms with Crippen LogP contribution in [0.2, 0.25) is 0 Å². The van der Waals surface area contributed by atoms with Crippen molar-refractivity contribution < 1.29 is 9.53 Å². The second kappa shape index (κ2) is 7.43. The zero-order valence-electron chi connectivity index (χ0n) is 16.2. The first-order chi connectivity index (χ1) is 11.9. The van der Waals surface area contributed by atoms with Gasteiger partial charge in [-0.25, -0.2) is 0 Å². The number of piperazine rings is 1. The summed E-state index contributed by atoms with van der Waals surface area (Å²) in [6.45, 7) is 9.64. The Labute approximate surface area is 150 Å². The summed E-state index contributed by atoms with van der Waals surface area (Å²) in [5.41, 5.74) is 2.75. The first-order valence-corrected chi connectivity index (χ1v) is 9.24. The second-order valence-corrected chi connectivity index (χ2v) is 7.57. The molecule has 2 atom stereocenters. The Balaban J connectivity index is 1.69. The van der Waals surface area contributed by atoms with E-state index in [0.717, 1.165) is 62.6 Å². The maximum atomic E-state index is 13.1. The summed E-state index contributed by atoms with van der Waals surface area (Å²) in [6, 6.07) is 0. The summed E-state index contributed by atoms with van der Waals surface area (Å²) in [5, 5.41) is 4.57. The zero-order valence-corrected chi connectivity index (χ0v) is 16.2. The van der Waals surface area contributed by atoms with Gasteiger partial charge >= 0.3 is 0 Å². The topological polar surface area (TPSA) is 53.8 Å². The van der Waals surface area contributed by atoms with E-state index in [1.54, 1.807) is 4.68 Å². The molecular formula is C18H31N5O2. The van der Waals surface area contributed by atoms with E-state index in [1.807, 2.05) is 18.9 Å². The van der Waals surface area contributed by atoms with Crippen LogP contribution in [0.4, 0.5) is 0 Å². The molecule has 1 aromatic rings. The lowest BCUT2D eigenvalue weighted by molar-refractivity contribution is -0.00716.